The van der Waals surface area contributed by atoms with Crippen LogP contribution in [0.1, 0.15) is 17.5 Å². The molecule has 5 nitrogen and oxygen atoms in total. The molecule has 0 heterocycles. The molecule has 0 aliphatic rings. The Morgan fingerprint density at radius 1 is 1.07 bits per heavy atom. The zero-order valence-corrected chi connectivity index (χ0v) is 16.7. The highest BCUT2D eigenvalue weighted by molar-refractivity contribution is 5.74. The Kier molecular flexibility index (Phi) is 9.92. The van der Waals surface area contributed by atoms with E-state index in [-0.39, 0.29) is 12.6 Å². The highest BCUT2D eigenvalue weighted by Crippen LogP contribution is 2.14. The van der Waals surface area contributed by atoms with Crippen molar-refractivity contribution < 1.29 is 23.0 Å². The van der Waals surface area contributed by atoms with Crippen LogP contribution >= 0.6 is 0 Å². The standard InChI is InChI=1S/C22H28F2N2O3/c1-28-14-13-26(12-6-10-18-7-3-2-4-8-18)22(27)25-16-19-9-5-11-20(15-19)29-17-21(23)24/h2-5,7-9,11,15,21H,6,10,12-14,16-17H2,1H3,(H,25,27). The molecule has 0 bridgehead atoms. The molecule has 0 aliphatic heterocycles. The Morgan fingerprint density at radius 3 is 2.55 bits per heavy atom. The van der Waals surface area contributed by atoms with Crippen LogP contribution in [0.4, 0.5) is 13.6 Å². The molecule has 7 heteroatoms. The van der Waals surface area contributed by atoms with Gasteiger partial charge >= 0.3 is 6.03 Å². The minimum Gasteiger partial charge on any atom is -0.488 e. The van der Waals surface area contributed by atoms with Crippen LogP contribution in [-0.4, -0.2) is 50.8 Å². The number of aryl methyl sites for hydroxylation is 1. The van der Waals surface area contributed by atoms with E-state index in [0.29, 0.717) is 25.4 Å². The van der Waals surface area contributed by atoms with Gasteiger partial charge in [-0.3, -0.25) is 0 Å². The fourth-order valence-electron chi connectivity index (χ4n) is 2.83. The largest absolute Gasteiger partial charge is 0.488 e. The van der Waals surface area contributed by atoms with Crippen molar-refractivity contribution in [3.05, 3.63) is 65.7 Å². The molecular weight excluding hydrogens is 378 g/mol. The number of carbonyl (C=O) groups is 1. The lowest BCUT2D eigenvalue weighted by atomic mass is 10.1. The van der Waals surface area contributed by atoms with Crippen LogP contribution in [-0.2, 0) is 17.7 Å². The lowest BCUT2D eigenvalue weighted by molar-refractivity contribution is 0.0818. The molecule has 0 unspecified atom stereocenters. The molecule has 0 aromatic heterocycles. The first-order chi connectivity index (χ1) is 14.1. The van der Waals surface area contributed by atoms with Crippen molar-refractivity contribution in [3.8, 4) is 5.75 Å². The van der Waals surface area contributed by atoms with Gasteiger partial charge < -0.3 is 19.7 Å². The summed E-state index contributed by atoms with van der Waals surface area (Å²) in [6, 6.07) is 16.7. The van der Waals surface area contributed by atoms with Crippen molar-refractivity contribution in [2.24, 2.45) is 0 Å². The van der Waals surface area contributed by atoms with Crippen LogP contribution in [0.5, 0.6) is 5.75 Å². The maximum absolute atomic E-state index is 12.6. The molecule has 29 heavy (non-hydrogen) atoms. The van der Waals surface area contributed by atoms with Gasteiger partial charge in [0.15, 0.2) is 0 Å². The predicted molar refractivity (Wildman–Crippen MR) is 108 cm³/mol. The number of benzene rings is 2. The van der Waals surface area contributed by atoms with Gasteiger partial charge in [0.05, 0.1) is 6.61 Å². The van der Waals surface area contributed by atoms with Gasteiger partial charge in [-0.25, -0.2) is 13.6 Å². The molecule has 2 aromatic carbocycles. The monoisotopic (exact) mass is 406 g/mol. The number of hydrogen-bond acceptors (Lipinski definition) is 3. The van der Waals surface area contributed by atoms with E-state index in [4.69, 9.17) is 9.47 Å². The lowest BCUT2D eigenvalue weighted by Crippen LogP contribution is -2.42. The highest BCUT2D eigenvalue weighted by atomic mass is 19.3. The number of nitrogens with zero attached hydrogens (tertiary/aromatic N) is 1. The summed E-state index contributed by atoms with van der Waals surface area (Å²) in [4.78, 5) is 14.3. The second-order valence-corrected chi connectivity index (χ2v) is 6.58. The third kappa shape index (κ3) is 8.91. The fourth-order valence-corrected chi connectivity index (χ4v) is 2.83. The Labute approximate surface area is 170 Å². The van der Waals surface area contributed by atoms with E-state index in [9.17, 15) is 13.6 Å². The number of amides is 2. The van der Waals surface area contributed by atoms with Gasteiger partial charge in [-0.15, -0.1) is 0 Å². The van der Waals surface area contributed by atoms with Crippen molar-refractivity contribution in [2.75, 3.05) is 33.4 Å². The zero-order chi connectivity index (χ0) is 20.9. The van der Waals surface area contributed by atoms with Crippen LogP contribution < -0.4 is 10.1 Å². The summed E-state index contributed by atoms with van der Waals surface area (Å²) in [5, 5.41) is 2.88. The van der Waals surface area contributed by atoms with Gasteiger partial charge in [0.1, 0.15) is 12.4 Å². The van der Waals surface area contributed by atoms with E-state index in [1.807, 2.05) is 24.3 Å². The molecular formula is C22H28F2N2O3. The van der Waals surface area contributed by atoms with Crippen LogP contribution in [0.15, 0.2) is 54.6 Å². The average molecular weight is 406 g/mol. The number of rotatable bonds is 12. The topological polar surface area (TPSA) is 50.8 Å². The summed E-state index contributed by atoms with van der Waals surface area (Å²) >= 11 is 0. The van der Waals surface area contributed by atoms with E-state index in [1.54, 1.807) is 30.2 Å². The van der Waals surface area contributed by atoms with E-state index in [2.05, 4.69) is 17.4 Å². The summed E-state index contributed by atoms with van der Waals surface area (Å²) in [6.45, 7) is 1.20. The van der Waals surface area contributed by atoms with Gasteiger partial charge in [-0.1, -0.05) is 42.5 Å². The fraction of sp³-hybridized carbons (Fsp3) is 0.409. The van der Waals surface area contributed by atoms with Gasteiger partial charge in [0.2, 0.25) is 0 Å². The summed E-state index contributed by atoms with van der Waals surface area (Å²) in [7, 11) is 1.60. The molecule has 2 amide bonds. The zero-order valence-electron chi connectivity index (χ0n) is 16.7. The van der Waals surface area contributed by atoms with Gasteiger partial charge in [0.25, 0.3) is 6.43 Å². The van der Waals surface area contributed by atoms with Crippen molar-refractivity contribution in [1.29, 1.82) is 0 Å². The van der Waals surface area contributed by atoms with E-state index < -0.39 is 13.0 Å². The molecule has 0 aliphatic carbocycles. The number of nitrogens with one attached hydrogen (secondary N) is 1. The third-order valence-corrected chi connectivity index (χ3v) is 4.31. The van der Waals surface area contributed by atoms with Crippen molar-refractivity contribution in [3.63, 3.8) is 0 Å². The molecule has 158 valence electrons. The van der Waals surface area contributed by atoms with Gasteiger partial charge in [-0.05, 0) is 36.1 Å². The minimum absolute atomic E-state index is 0.186. The average Bonchev–Trinajstić information content (AvgIpc) is 2.74. The quantitative estimate of drug-likeness (QED) is 0.577. The first kappa shape index (κ1) is 22.6. The molecule has 2 rings (SSSR count). The van der Waals surface area contributed by atoms with Gasteiger partial charge in [-0.2, -0.15) is 0 Å². The number of ether oxygens (including phenoxy) is 2. The normalized spacial score (nSPS) is 10.8. The Bertz CT molecular complexity index is 729. The molecule has 0 saturated carbocycles. The SMILES string of the molecule is COCCN(CCCc1ccccc1)C(=O)NCc1cccc(OCC(F)F)c1. The maximum atomic E-state index is 12.6. The number of methoxy groups -OCH3 is 1. The number of hydrogen-bond donors (Lipinski definition) is 1. The molecule has 1 N–H and O–H groups in total. The minimum atomic E-state index is -2.52. The van der Waals surface area contributed by atoms with Crippen molar-refractivity contribution >= 4 is 6.03 Å². The second-order valence-electron chi connectivity index (χ2n) is 6.58. The summed E-state index contributed by atoms with van der Waals surface area (Å²) < 4.78 is 34.7. The van der Waals surface area contributed by atoms with Crippen LogP contribution in [0, 0.1) is 0 Å². The second kappa shape index (κ2) is 12.7. The smallest absolute Gasteiger partial charge is 0.317 e. The maximum Gasteiger partial charge on any atom is 0.317 e. The third-order valence-electron chi connectivity index (χ3n) is 4.31. The van der Waals surface area contributed by atoms with Crippen molar-refractivity contribution in [2.45, 2.75) is 25.8 Å². The number of urea groups is 1. The molecule has 0 saturated heterocycles. The summed E-state index contributed by atoms with van der Waals surface area (Å²) in [6.07, 6.45) is -0.789. The molecule has 0 radical (unpaired) electrons. The Hall–Kier alpha value is -2.67. The van der Waals surface area contributed by atoms with Crippen LogP contribution in [0.2, 0.25) is 0 Å². The Balaban J connectivity index is 1.84. The van der Waals surface area contributed by atoms with Crippen molar-refractivity contribution in [1.82, 2.24) is 10.2 Å². The first-order valence-electron chi connectivity index (χ1n) is 9.64. The molecule has 0 spiro atoms. The lowest BCUT2D eigenvalue weighted by Gasteiger charge is -2.23. The highest BCUT2D eigenvalue weighted by Gasteiger charge is 2.13. The van der Waals surface area contributed by atoms with E-state index >= 15 is 0 Å². The Morgan fingerprint density at radius 2 is 1.83 bits per heavy atom. The summed E-state index contributed by atoms with van der Waals surface area (Å²) in [5.74, 6) is 0.358. The first-order valence-corrected chi connectivity index (χ1v) is 9.64. The van der Waals surface area contributed by atoms with Crippen LogP contribution in [0.3, 0.4) is 0 Å². The van der Waals surface area contributed by atoms with Gasteiger partial charge in [0, 0.05) is 26.7 Å². The number of carbonyl (C=O) groups excluding carboxylic acids is 1. The predicted octanol–water partition coefficient (Wildman–Crippen LogP) is 4.12. The van der Waals surface area contributed by atoms with E-state index in [1.165, 1.54) is 5.56 Å². The molecule has 0 fully saturated rings. The number of halogens is 2. The number of alkyl halides is 2. The molecule has 2 aromatic rings. The van der Waals surface area contributed by atoms with Crippen LogP contribution in [0.25, 0.3) is 0 Å². The van der Waals surface area contributed by atoms with E-state index in [0.717, 1.165) is 18.4 Å². The molecule has 0 atom stereocenters. The summed E-state index contributed by atoms with van der Waals surface area (Å²) in [5.41, 5.74) is 2.02.